The Morgan fingerprint density at radius 1 is 1.50 bits per heavy atom. The number of hydrogen-bond donors (Lipinski definition) is 0. The summed E-state index contributed by atoms with van der Waals surface area (Å²) >= 11 is 0. The lowest BCUT2D eigenvalue weighted by atomic mass is 9.77. The van der Waals surface area contributed by atoms with E-state index in [9.17, 15) is 0 Å². The molecular formula is C12H16. The van der Waals surface area contributed by atoms with Gasteiger partial charge in [-0.3, -0.25) is 0 Å². The van der Waals surface area contributed by atoms with Gasteiger partial charge in [-0.2, -0.15) is 0 Å². The molecule has 1 saturated carbocycles. The first kappa shape index (κ1) is 6.94. The predicted octanol–water partition coefficient (Wildman–Crippen LogP) is 3.16. The standard InChI is InChI=1S/C12H16/c1-8-5-10-9-3-4-12(2,7-9)11(10)6-8/h3-4,6,9-11H,5,7H2,1-2H3/t9-,10-,11-,12+/m0/s1. The van der Waals surface area contributed by atoms with Crippen LogP contribution in [0.25, 0.3) is 0 Å². The molecule has 0 unspecified atom stereocenters. The summed E-state index contributed by atoms with van der Waals surface area (Å²) < 4.78 is 0. The normalized spacial score (nSPS) is 54.5. The lowest BCUT2D eigenvalue weighted by Crippen LogP contribution is -2.20. The largest absolute Gasteiger partial charge is 0.0845 e. The van der Waals surface area contributed by atoms with E-state index in [-0.39, 0.29) is 0 Å². The van der Waals surface area contributed by atoms with Crippen LogP contribution in [0.2, 0.25) is 0 Å². The Hall–Kier alpha value is -0.520. The van der Waals surface area contributed by atoms with Gasteiger partial charge >= 0.3 is 0 Å². The van der Waals surface area contributed by atoms with Crippen LogP contribution in [-0.4, -0.2) is 0 Å². The lowest BCUT2D eigenvalue weighted by Gasteiger charge is -2.27. The second-order valence-electron chi connectivity index (χ2n) is 5.14. The summed E-state index contributed by atoms with van der Waals surface area (Å²) in [6, 6.07) is 0. The number of rotatable bonds is 0. The summed E-state index contributed by atoms with van der Waals surface area (Å²) in [5.41, 5.74) is 2.16. The average Bonchev–Trinajstić information content (AvgIpc) is 2.57. The van der Waals surface area contributed by atoms with Crippen molar-refractivity contribution < 1.29 is 0 Å². The highest BCUT2D eigenvalue weighted by Gasteiger charge is 2.52. The van der Waals surface area contributed by atoms with Crippen molar-refractivity contribution in [3.63, 3.8) is 0 Å². The van der Waals surface area contributed by atoms with E-state index in [1.807, 2.05) is 0 Å². The molecule has 4 atom stereocenters. The highest BCUT2D eigenvalue weighted by Crippen LogP contribution is 2.60. The molecule has 0 aromatic carbocycles. The number of allylic oxidation sites excluding steroid dienone is 4. The van der Waals surface area contributed by atoms with Crippen LogP contribution < -0.4 is 0 Å². The minimum atomic E-state index is 0.535. The molecule has 0 spiro atoms. The van der Waals surface area contributed by atoms with Crippen molar-refractivity contribution in [1.82, 2.24) is 0 Å². The van der Waals surface area contributed by atoms with Gasteiger partial charge in [-0.1, -0.05) is 30.7 Å². The van der Waals surface area contributed by atoms with Crippen LogP contribution in [0.15, 0.2) is 23.8 Å². The average molecular weight is 160 g/mol. The molecule has 0 N–H and O–H groups in total. The second-order valence-corrected chi connectivity index (χ2v) is 5.14. The fourth-order valence-electron chi connectivity index (χ4n) is 3.62. The molecule has 2 bridgehead atoms. The van der Waals surface area contributed by atoms with Crippen molar-refractivity contribution in [2.45, 2.75) is 26.7 Å². The summed E-state index contributed by atoms with van der Waals surface area (Å²) in [6.07, 6.45) is 10.3. The maximum Gasteiger partial charge on any atom is -0.00749 e. The molecule has 0 heterocycles. The Labute approximate surface area is 74.4 Å². The molecule has 1 fully saturated rings. The van der Waals surface area contributed by atoms with Crippen LogP contribution in [0.5, 0.6) is 0 Å². The molecule has 3 aliphatic carbocycles. The first-order chi connectivity index (χ1) is 5.69. The van der Waals surface area contributed by atoms with E-state index >= 15 is 0 Å². The van der Waals surface area contributed by atoms with Gasteiger partial charge in [0.05, 0.1) is 0 Å². The van der Waals surface area contributed by atoms with E-state index in [0.29, 0.717) is 5.41 Å². The van der Waals surface area contributed by atoms with Crippen LogP contribution >= 0.6 is 0 Å². The molecule has 3 rings (SSSR count). The van der Waals surface area contributed by atoms with Gasteiger partial charge in [0.25, 0.3) is 0 Å². The third-order valence-corrected chi connectivity index (χ3v) is 4.19. The summed E-state index contributed by atoms with van der Waals surface area (Å²) in [5, 5.41) is 0. The van der Waals surface area contributed by atoms with E-state index in [4.69, 9.17) is 0 Å². The zero-order chi connectivity index (χ0) is 8.34. The smallest absolute Gasteiger partial charge is 0.00749 e. The Morgan fingerprint density at radius 2 is 2.33 bits per heavy atom. The third-order valence-electron chi connectivity index (χ3n) is 4.19. The molecule has 0 aromatic rings. The Kier molecular flexibility index (Phi) is 1.08. The number of fused-ring (bicyclic) bond motifs is 5. The molecule has 0 heteroatoms. The molecule has 64 valence electrons. The van der Waals surface area contributed by atoms with Crippen molar-refractivity contribution in [3.05, 3.63) is 23.8 Å². The molecule has 12 heavy (non-hydrogen) atoms. The summed E-state index contributed by atoms with van der Waals surface area (Å²) in [7, 11) is 0. The van der Waals surface area contributed by atoms with Gasteiger partial charge < -0.3 is 0 Å². The topological polar surface area (TPSA) is 0 Å². The van der Waals surface area contributed by atoms with Gasteiger partial charge in [-0.15, -0.1) is 0 Å². The van der Waals surface area contributed by atoms with Crippen LogP contribution in [0.4, 0.5) is 0 Å². The summed E-state index contributed by atoms with van der Waals surface area (Å²) in [6.45, 7) is 4.73. The highest BCUT2D eigenvalue weighted by atomic mass is 14.6. The van der Waals surface area contributed by atoms with Crippen LogP contribution in [0.3, 0.4) is 0 Å². The summed E-state index contributed by atoms with van der Waals surface area (Å²) in [4.78, 5) is 0. The van der Waals surface area contributed by atoms with Crippen LogP contribution in [0, 0.1) is 23.2 Å². The van der Waals surface area contributed by atoms with Gasteiger partial charge in [0.15, 0.2) is 0 Å². The minimum absolute atomic E-state index is 0.535. The number of hydrogen-bond acceptors (Lipinski definition) is 0. The van der Waals surface area contributed by atoms with E-state index in [2.05, 4.69) is 32.1 Å². The van der Waals surface area contributed by atoms with Gasteiger partial charge in [-0.05, 0) is 42.9 Å². The van der Waals surface area contributed by atoms with Gasteiger partial charge in [0.1, 0.15) is 0 Å². The van der Waals surface area contributed by atoms with Crippen molar-refractivity contribution in [3.8, 4) is 0 Å². The Bertz CT molecular complexity index is 284. The van der Waals surface area contributed by atoms with Crippen LogP contribution in [0.1, 0.15) is 26.7 Å². The first-order valence-electron chi connectivity index (χ1n) is 5.06. The third kappa shape index (κ3) is 0.646. The molecule has 0 amide bonds. The highest BCUT2D eigenvalue weighted by molar-refractivity contribution is 5.29. The minimum Gasteiger partial charge on any atom is -0.0845 e. The van der Waals surface area contributed by atoms with Gasteiger partial charge in [0, 0.05) is 0 Å². The SMILES string of the molecule is CC1=C[C@H]2[C@@H](C1)[C@H]1C=C[C@]2(C)C1. The van der Waals surface area contributed by atoms with Gasteiger partial charge in [-0.25, -0.2) is 0 Å². The molecule has 0 aromatic heterocycles. The molecule has 0 aliphatic heterocycles. The van der Waals surface area contributed by atoms with Crippen molar-refractivity contribution in [1.29, 1.82) is 0 Å². The fourth-order valence-corrected chi connectivity index (χ4v) is 3.62. The van der Waals surface area contributed by atoms with E-state index < -0.39 is 0 Å². The van der Waals surface area contributed by atoms with Crippen LogP contribution in [-0.2, 0) is 0 Å². The molecule has 3 aliphatic rings. The predicted molar refractivity (Wildman–Crippen MR) is 50.7 cm³/mol. The first-order valence-corrected chi connectivity index (χ1v) is 5.06. The quantitative estimate of drug-likeness (QED) is 0.477. The molecular weight excluding hydrogens is 144 g/mol. The Morgan fingerprint density at radius 3 is 3.08 bits per heavy atom. The molecule has 0 saturated heterocycles. The van der Waals surface area contributed by atoms with E-state index in [0.717, 1.165) is 17.8 Å². The summed E-state index contributed by atoms with van der Waals surface area (Å²) in [5.74, 6) is 2.76. The maximum atomic E-state index is 2.54. The van der Waals surface area contributed by atoms with Crippen molar-refractivity contribution in [2.24, 2.45) is 23.2 Å². The molecule has 0 radical (unpaired) electrons. The second kappa shape index (κ2) is 1.86. The zero-order valence-electron chi connectivity index (χ0n) is 7.88. The molecule has 0 nitrogen and oxygen atoms in total. The fraction of sp³-hybridized carbons (Fsp3) is 0.667. The lowest BCUT2D eigenvalue weighted by molar-refractivity contribution is 0.317. The maximum absolute atomic E-state index is 2.54. The zero-order valence-corrected chi connectivity index (χ0v) is 7.88. The Balaban J connectivity index is 2.05. The van der Waals surface area contributed by atoms with E-state index in [1.54, 1.807) is 5.57 Å². The monoisotopic (exact) mass is 160 g/mol. The van der Waals surface area contributed by atoms with E-state index in [1.165, 1.54) is 12.8 Å². The van der Waals surface area contributed by atoms with Crippen molar-refractivity contribution in [2.75, 3.05) is 0 Å². The van der Waals surface area contributed by atoms with Gasteiger partial charge in [0.2, 0.25) is 0 Å². The van der Waals surface area contributed by atoms with Crippen molar-refractivity contribution >= 4 is 0 Å².